The number of hydrogen-bond donors (Lipinski definition) is 2. The highest BCUT2D eigenvalue weighted by Crippen LogP contribution is 2.24. The Labute approximate surface area is 111 Å². The van der Waals surface area contributed by atoms with E-state index in [4.69, 9.17) is 21.8 Å². The third kappa shape index (κ3) is 2.62. The number of anilines is 2. The van der Waals surface area contributed by atoms with Crippen LogP contribution in [0.5, 0.6) is 0 Å². The summed E-state index contributed by atoms with van der Waals surface area (Å²) < 4.78 is 5.36. The van der Waals surface area contributed by atoms with Crippen molar-refractivity contribution in [3.05, 3.63) is 45.8 Å². The van der Waals surface area contributed by atoms with Crippen LogP contribution in [0.1, 0.15) is 10.4 Å². The molecule has 3 N–H and O–H groups in total. The van der Waals surface area contributed by atoms with E-state index in [1.165, 1.54) is 6.26 Å². The molecule has 6 heteroatoms. The summed E-state index contributed by atoms with van der Waals surface area (Å²) in [5, 5.41) is 3.14. The molecular weight excluding hydrogens is 307 g/mol. The van der Waals surface area contributed by atoms with Crippen LogP contribution in [0.15, 0.2) is 39.6 Å². The van der Waals surface area contributed by atoms with Gasteiger partial charge in [-0.25, -0.2) is 0 Å². The highest BCUT2D eigenvalue weighted by molar-refractivity contribution is 9.10. The molecule has 0 bridgehead atoms. The molecule has 0 spiro atoms. The molecule has 4 nitrogen and oxygen atoms in total. The molecule has 2 aromatic rings. The minimum atomic E-state index is -0.285. The van der Waals surface area contributed by atoms with E-state index in [0.717, 1.165) is 0 Å². The second kappa shape index (κ2) is 4.81. The van der Waals surface area contributed by atoms with Crippen molar-refractivity contribution in [2.75, 3.05) is 11.1 Å². The fourth-order valence-corrected chi connectivity index (χ4v) is 1.81. The number of benzene rings is 1. The van der Waals surface area contributed by atoms with E-state index in [2.05, 4.69) is 21.2 Å². The lowest BCUT2D eigenvalue weighted by atomic mass is 10.2. The number of furan rings is 1. The first-order valence-corrected chi connectivity index (χ1v) is 5.84. The second-order valence-corrected chi connectivity index (χ2v) is 4.43. The number of carbonyl (C=O) groups is 1. The van der Waals surface area contributed by atoms with Gasteiger partial charge in [-0.2, -0.15) is 0 Å². The standard InChI is InChI=1S/C11H8BrClN2O2/c12-10-7(3-4-17-10)11(16)15-6-1-2-8(13)9(14)5-6/h1-5H,14H2,(H,15,16). The monoisotopic (exact) mass is 314 g/mol. The first-order chi connectivity index (χ1) is 8.08. The lowest BCUT2D eigenvalue weighted by Gasteiger charge is -2.05. The molecule has 0 saturated carbocycles. The Morgan fingerprint density at radius 2 is 2.18 bits per heavy atom. The number of carbonyl (C=O) groups excluding carboxylic acids is 1. The highest BCUT2D eigenvalue weighted by atomic mass is 79.9. The summed E-state index contributed by atoms with van der Waals surface area (Å²) in [6.07, 6.45) is 1.43. The number of halogens is 2. The molecule has 0 aliphatic heterocycles. The lowest BCUT2D eigenvalue weighted by Crippen LogP contribution is -2.11. The number of nitrogens with two attached hydrogens (primary N) is 1. The maximum absolute atomic E-state index is 11.8. The summed E-state index contributed by atoms with van der Waals surface area (Å²) in [5.74, 6) is -0.285. The molecule has 0 aliphatic rings. The molecule has 0 unspecified atom stereocenters. The SMILES string of the molecule is Nc1cc(NC(=O)c2ccoc2Br)ccc1Cl. The Hall–Kier alpha value is -1.46. The van der Waals surface area contributed by atoms with E-state index in [0.29, 0.717) is 26.6 Å². The van der Waals surface area contributed by atoms with Crippen LogP contribution in [-0.4, -0.2) is 5.91 Å². The summed E-state index contributed by atoms with van der Waals surface area (Å²) >= 11 is 8.91. The van der Waals surface area contributed by atoms with Crippen LogP contribution in [0.25, 0.3) is 0 Å². The van der Waals surface area contributed by atoms with Crippen molar-refractivity contribution in [2.24, 2.45) is 0 Å². The molecule has 0 fully saturated rings. The highest BCUT2D eigenvalue weighted by Gasteiger charge is 2.12. The molecule has 1 aromatic carbocycles. The van der Waals surface area contributed by atoms with Gasteiger partial charge in [0.2, 0.25) is 0 Å². The van der Waals surface area contributed by atoms with Crippen LogP contribution in [-0.2, 0) is 0 Å². The Kier molecular flexibility index (Phi) is 3.40. The van der Waals surface area contributed by atoms with Crippen LogP contribution >= 0.6 is 27.5 Å². The largest absolute Gasteiger partial charge is 0.457 e. The van der Waals surface area contributed by atoms with Gasteiger partial charge in [-0.3, -0.25) is 4.79 Å². The lowest BCUT2D eigenvalue weighted by molar-refractivity contribution is 0.102. The molecule has 0 aliphatic carbocycles. The third-order valence-corrected chi connectivity index (χ3v) is 3.07. The quantitative estimate of drug-likeness (QED) is 0.833. The summed E-state index contributed by atoms with van der Waals surface area (Å²) in [6.45, 7) is 0. The molecular formula is C11H8BrClN2O2. The molecule has 2 rings (SSSR count). The van der Waals surface area contributed by atoms with Crippen LogP contribution in [0.3, 0.4) is 0 Å². The van der Waals surface area contributed by atoms with Gasteiger partial charge in [0.1, 0.15) is 0 Å². The molecule has 0 saturated heterocycles. The van der Waals surface area contributed by atoms with E-state index in [9.17, 15) is 4.79 Å². The summed E-state index contributed by atoms with van der Waals surface area (Å²) in [6, 6.07) is 6.45. The van der Waals surface area contributed by atoms with E-state index >= 15 is 0 Å². The number of rotatable bonds is 2. The normalized spacial score (nSPS) is 10.2. The first kappa shape index (κ1) is 12.0. The zero-order valence-electron chi connectivity index (χ0n) is 8.54. The number of nitrogen functional groups attached to an aromatic ring is 1. The van der Waals surface area contributed by atoms with E-state index in [1.807, 2.05) is 0 Å². The smallest absolute Gasteiger partial charge is 0.260 e. The molecule has 0 atom stereocenters. The Morgan fingerprint density at radius 1 is 1.41 bits per heavy atom. The van der Waals surface area contributed by atoms with Crippen LogP contribution in [0.4, 0.5) is 11.4 Å². The fraction of sp³-hybridized carbons (Fsp3) is 0. The summed E-state index contributed by atoms with van der Waals surface area (Å²) in [7, 11) is 0. The van der Waals surface area contributed by atoms with E-state index < -0.39 is 0 Å². The average molecular weight is 316 g/mol. The third-order valence-electron chi connectivity index (χ3n) is 2.12. The predicted molar refractivity (Wildman–Crippen MR) is 70.2 cm³/mol. The zero-order valence-corrected chi connectivity index (χ0v) is 10.9. The molecule has 88 valence electrons. The summed E-state index contributed by atoms with van der Waals surface area (Å²) in [5.41, 5.74) is 7.04. The zero-order chi connectivity index (χ0) is 12.4. The first-order valence-electron chi connectivity index (χ1n) is 4.67. The van der Waals surface area contributed by atoms with E-state index in [-0.39, 0.29) is 5.91 Å². The van der Waals surface area contributed by atoms with Crippen LogP contribution in [0.2, 0.25) is 5.02 Å². The predicted octanol–water partition coefficient (Wildman–Crippen LogP) is 3.53. The number of nitrogens with one attached hydrogen (secondary N) is 1. The molecule has 1 amide bonds. The number of amides is 1. The minimum absolute atomic E-state index is 0.285. The van der Waals surface area contributed by atoms with Gasteiger partial charge in [-0.15, -0.1) is 0 Å². The van der Waals surface area contributed by atoms with Crippen molar-refractivity contribution in [2.45, 2.75) is 0 Å². The van der Waals surface area contributed by atoms with Gasteiger partial charge in [0, 0.05) is 5.69 Å². The molecule has 17 heavy (non-hydrogen) atoms. The van der Waals surface area contributed by atoms with Crippen LogP contribution < -0.4 is 11.1 Å². The molecule has 0 radical (unpaired) electrons. The van der Waals surface area contributed by atoms with Gasteiger partial charge in [0.25, 0.3) is 5.91 Å². The van der Waals surface area contributed by atoms with Gasteiger partial charge < -0.3 is 15.5 Å². The van der Waals surface area contributed by atoms with Crippen molar-refractivity contribution in [3.63, 3.8) is 0 Å². The number of hydrogen-bond acceptors (Lipinski definition) is 3. The Morgan fingerprint density at radius 3 is 2.76 bits per heavy atom. The van der Waals surface area contributed by atoms with Crippen molar-refractivity contribution < 1.29 is 9.21 Å². The Bertz CT molecular complexity index is 568. The van der Waals surface area contributed by atoms with Gasteiger partial charge in [-0.05, 0) is 40.2 Å². The topological polar surface area (TPSA) is 68.3 Å². The van der Waals surface area contributed by atoms with Gasteiger partial charge >= 0.3 is 0 Å². The van der Waals surface area contributed by atoms with Crippen molar-refractivity contribution in [3.8, 4) is 0 Å². The maximum Gasteiger partial charge on any atom is 0.260 e. The molecule has 1 heterocycles. The van der Waals surface area contributed by atoms with Gasteiger partial charge in [-0.1, -0.05) is 11.6 Å². The van der Waals surface area contributed by atoms with Crippen molar-refractivity contribution in [1.29, 1.82) is 0 Å². The second-order valence-electron chi connectivity index (χ2n) is 3.30. The van der Waals surface area contributed by atoms with Crippen LogP contribution in [0, 0.1) is 0 Å². The summed E-state index contributed by atoms with van der Waals surface area (Å²) in [4.78, 5) is 11.8. The Balaban J connectivity index is 2.19. The van der Waals surface area contributed by atoms with Crippen molar-refractivity contribution in [1.82, 2.24) is 0 Å². The minimum Gasteiger partial charge on any atom is -0.457 e. The van der Waals surface area contributed by atoms with Gasteiger partial charge in [0.15, 0.2) is 4.67 Å². The maximum atomic E-state index is 11.8. The van der Waals surface area contributed by atoms with Crippen molar-refractivity contribution >= 4 is 44.8 Å². The van der Waals surface area contributed by atoms with Gasteiger partial charge in [0.05, 0.1) is 22.5 Å². The fourth-order valence-electron chi connectivity index (χ4n) is 1.28. The molecule has 1 aromatic heterocycles. The average Bonchev–Trinajstić information content (AvgIpc) is 2.70. The van der Waals surface area contributed by atoms with E-state index in [1.54, 1.807) is 24.3 Å².